The molecule has 3 aromatic carbocycles. The van der Waals surface area contributed by atoms with Gasteiger partial charge >= 0.3 is 5.97 Å². The molecule has 4 N–H and O–H groups in total. The molecule has 68 heavy (non-hydrogen) atoms. The molecule has 3 aliphatic rings. The number of allylic oxidation sites excluding steroid dienone is 7. The lowest BCUT2D eigenvalue weighted by molar-refractivity contribution is -0.438. The number of carboxylic acids is 1. The SMILES string of the molecule is C#CCCCCN1/C(=C/C=C2\CCCC(/C=C/C3=[N+](CCCCC#C)c4ccc(S(=O)(=O)O)cc4C3(C)C)=C2Sc2ccc(NC(=O)CCCC(=O)O)cc2)C(C)(C)c2cc(S(=O)(=O)O)ccc21. The van der Waals surface area contributed by atoms with E-state index in [-0.39, 0.29) is 35.0 Å². The number of carbonyl (C=O) groups excluding carboxylic acids is 1. The summed E-state index contributed by atoms with van der Waals surface area (Å²) < 4.78 is 71.4. The van der Waals surface area contributed by atoms with Crippen molar-refractivity contribution >= 4 is 66.6 Å². The first-order valence-corrected chi connectivity index (χ1v) is 26.5. The number of amides is 1. The van der Waals surface area contributed by atoms with E-state index in [1.807, 2.05) is 52.0 Å². The highest BCUT2D eigenvalue weighted by molar-refractivity contribution is 8.03. The lowest BCUT2D eigenvalue weighted by atomic mass is 9.81. The van der Waals surface area contributed by atoms with Gasteiger partial charge in [-0.15, -0.1) is 24.7 Å². The van der Waals surface area contributed by atoms with Gasteiger partial charge in [-0.2, -0.15) is 21.4 Å². The van der Waals surface area contributed by atoms with Crippen LogP contribution in [0.4, 0.5) is 17.1 Å². The molecule has 358 valence electrons. The van der Waals surface area contributed by atoms with E-state index in [0.717, 1.165) is 99.8 Å². The molecule has 1 aliphatic carbocycles. The van der Waals surface area contributed by atoms with Crippen molar-refractivity contribution in [2.45, 2.75) is 130 Å². The van der Waals surface area contributed by atoms with Crippen LogP contribution in [0.25, 0.3) is 0 Å². The van der Waals surface area contributed by atoms with Crippen LogP contribution in [0.15, 0.2) is 121 Å². The third-order valence-corrected chi connectivity index (χ3v) is 15.7. The summed E-state index contributed by atoms with van der Waals surface area (Å²) in [7, 11) is -8.90. The number of hydrogen-bond acceptors (Lipinski definition) is 8. The molecular formula is C53H60N3O9S3+. The molecule has 12 nitrogen and oxygen atoms in total. The van der Waals surface area contributed by atoms with Gasteiger partial charge in [0.1, 0.15) is 6.54 Å². The molecule has 0 fully saturated rings. The van der Waals surface area contributed by atoms with Gasteiger partial charge in [0.2, 0.25) is 11.6 Å². The fourth-order valence-electron chi connectivity index (χ4n) is 9.16. The third-order valence-electron chi connectivity index (χ3n) is 12.7. The maximum atomic E-state index is 12.6. The van der Waals surface area contributed by atoms with Gasteiger partial charge in [-0.3, -0.25) is 18.7 Å². The van der Waals surface area contributed by atoms with Crippen molar-refractivity contribution in [3.8, 4) is 24.7 Å². The normalized spacial score (nSPS) is 17.7. The number of rotatable bonds is 20. The van der Waals surface area contributed by atoms with Gasteiger partial charge in [0.15, 0.2) is 5.71 Å². The van der Waals surface area contributed by atoms with Gasteiger partial charge in [-0.05, 0) is 136 Å². The number of nitrogens with one attached hydrogen (secondary N) is 1. The molecule has 0 saturated heterocycles. The van der Waals surface area contributed by atoms with Crippen molar-refractivity contribution in [3.63, 3.8) is 0 Å². The second-order valence-corrected chi connectivity index (χ2v) is 22.2. The molecule has 0 spiro atoms. The summed E-state index contributed by atoms with van der Waals surface area (Å²) in [5.41, 5.74) is 6.72. The molecule has 0 atom stereocenters. The second-order valence-electron chi connectivity index (χ2n) is 18.3. The molecule has 3 aromatic rings. The Morgan fingerprint density at radius 3 is 2.09 bits per heavy atom. The Hall–Kier alpha value is -5.68. The zero-order valence-electron chi connectivity index (χ0n) is 39.0. The predicted octanol–water partition coefficient (Wildman–Crippen LogP) is 10.8. The van der Waals surface area contributed by atoms with Crippen LogP contribution in [-0.4, -0.2) is 66.3 Å². The van der Waals surface area contributed by atoms with E-state index >= 15 is 0 Å². The molecule has 0 aromatic heterocycles. The Balaban J connectivity index is 1.45. The summed E-state index contributed by atoms with van der Waals surface area (Å²) in [6, 6.07) is 17.0. The van der Waals surface area contributed by atoms with Crippen LogP contribution in [0.3, 0.4) is 0 Å². The van der Waals surface area contributed by atoms with E-state index < -0.39 is 37.0 Å². The van der Waals surface area contributed by atoms with E-state index in [1.54, 1.807) is 36.0 Å². The lowest BCUT2D eigenvalue weighted by Crippen LogP contribution is -2.28. The molecular weight excluding hydrogens is 919 g/mol. The van der Waals surface area contributed by atoms with Crippen LogP contribution >= 0.6 is 11.8 Å². The third kappa shape index (κ3) is 12.1. The molecule has 6 rings (SSSR count). The Morgan fingerprint density at radius 2 is 1.44 bits per heavy atom. The van der Waals surface area contributed by atoms with Crippen molar-refractivity contribution in [2.75, 3.05) is 23.3 Å². The monoisotopic (exact) mass is 978 g/mol. The number of benzene rings is 3. The maximum Gasteiger partial charge on any atom is 0.303 e. The molecule has 1 amide bonds. The lowest BCUT2D eigenvalue weighted by Gasteiger charge is -2.27. The summed E-state index contributed by atoms with van der Waals surface area (Å²) in [5.74, 6) is 4.21. The molecule has 2 aliphatic heterocycles. The van der Waals surface area contributed by atoms with Crippen molar-refractivity contribution in [1.82, 2.24) is 0 Å². The number of fused-ring (bicyclic) bond motifs is 2. The summed E-state index contributed by atoms with van der Waals surface area (Å²) >= 11 is 1.60. The zero-order valence-corrected chi connectivity index (χ0v) is 41.5. The van der Waals surface area contributed by atoms with Crippen molar-refractivity contribution in [1.29, 1.82) is 0 Å². The van der Waals surface area contributed by atoms with Gasteiger partial charge in [0.05, 0.1) is 15.2 Å². The van der Waals surface area contributed by atoms with Gasteiger partial charge in [0.25, 0.3) is 20.2 Å². The first kappa shape index (κ1) is 51.7. The minimum absolute atomic E-state index is 0.0887. The smallest absolute Gasteiger partial charge is 0.303 e. The Morgan fingerprint density at radius 1 is 0.794 bits per heavy atom. The molecule has 0 unspecified atom stereocenters. The van der Waals surface area contributed by atoms with E-state index in [1.165, 1.54) is 12.1 Å². The van der Waals surface area contributed by atoms with Crippen LogP contribution < -0.4 is 10.2 Å². The van der Waals surface area contributed by atoms with E-state index in [9.17, 15) is 35.5 Å². The van der Waals surface area contributed by atoms with Crippen LogP contribution in [0.5, 0.6) is 0 Å². The Labute approximate surface area is 405 Å². The van der Waals surface area contributed by atoms with E-state index in [2.05, 4.69) is 50.9 Å². The molecule has 0 bridgehead atoms. The van der Waals surface area contributed by atoms with Gasteiger partial charge in [-0.25, -0.2) is 0 Å². The number of anilines is 2. The molecule has 0 radical (unpaired) electrons. The fourth-order valence-corrected chi connectivity index (χ4v) is 11.3. The molecule has 0 saturated carbocycles. The number of unbranched alkanes of at least 4 members (excludes halogenated alkanes) is 4. The Kier molecular flexibility index (Phi) is 16.5. The number of terminal acetylenes is 2. The largest absolute Gasteiger partial charge is 0.481 e. The number of aliphatic carboxylic acids is 1. The average molecular weight is 979 g/mol. The van der Waals surface area contributed by atoms with Crippen LogP contribution in [0.1, 0.15) is 116 Å². The number of thioether (sulfide) groups is 1. The first-order chi connectivity index (χ1) is 32.2. The quantitative estimate of drug-likeness (QED) is 0.0366. The van der Waals surface area contributed by atoms with Gasteiger partial charge in [0, 0.05) is 88.6 Å². The Bertz CT molecular complexity index is 2930. The van der Waals surface area contributed by atoms with E-state index in [0.29, 0.717) is 31.6 Å². The molecule has 2 heterocycles. The van der Waals surface area contributed by atoms with Crippen molar-refractivity contribution in [3.05, 3.63) is 118 Å². The maximum absolute atomic E-state index is 12.6. The second kappa shape index (κ2) is 21.7. The number of carbonyl (C=O) groups is 2. The summed E-state index contributed by atoms with van der Waals surface area (Å²) in [4.78, 5) is 27.4. The van der Waals surface area contributed by atoms with E-state index in [4.69, 9.17) is 18.0 Å². The number of carboxylic acid groups (broad SMARTS) is 1. The highest BCUT2D eigenvalue weighted by Crippen LogP contribution is 2.50. The van der Waals surface area contributed by atoms with Gasteiger partial charge in [-0.1, -0.05) is 37.8 Å². The minimum atomic E-state index is -4.45. The van der Waals surface area contributed by atoms with Gasteiger partial charge < -0.3 is 15.3 Å². The highest BCUT2D eigenvalue weighted by Gasteiger charge is 2.45. The van der Waals surface area contributed by atoms with Crippen molar-refractivity contribution < 1.29 is 45.2 Å². The fraction of sp³-hybridized carbons (Fsp3) is 0.377. The topological polar surface area (TPSA) is 181 Å². The summed E-state index contributed by atoms with van der Waals surface area (Å²) in [6.07, 6.45) is 26.9. The minimum Gasteiger partial charge on any atom is -0.481 e. The highest BCUT2D eigenvalue weighted by atomic mass is 32.2. The predicted molar refractivity (Wildman–Crippen MR) is 270 cm³/mol. The number of nitrogens with zero attached hydrogens (tertiary/aromatic N) is 2. The average Bonchev–Trinajstić information content (AvgIpc) is 3.62. The molecule has 15 heteroatoms. The summed E-state index contributed by atoms with van der Waals surface area (Å²) in [5, 5.41) is 11.8. The number of hydrogen-bond donors (Lipinski definition) is 4. The summed E-state index contributed by atoms with van der Waals surface area (Å²) in [6.45, 7) is 9.49. The standard InChI is InChI=1S/C53H59N3O9S3/c1-7-9-11-13-33-55-45-29-27-41(67(60,61)62)35-43(45)52(3,4)47(55)31-21-37-17-15-18-38(51(37)66-40-25-23-39(24-26-40)54-49(57)19-16-20-50(58)59)22-32-48-53(5,6)44-36-42(68(63,64)65)28-30-46(44)56(48)34-14-12-10-8-2/h1-2,21-32,35-36H,9-20,33-34H2,3-6H3,(H3-,54,57,58,59,60,61,62,63,64,65)/p+1. The van der Waals surface area contributed by atoms with Crippen LogP contribution in [0.2, 0.25) is 0 Å². The van der Waals surface area contributed by atoms with Crippen LogP contribution in [0, 0.1) is 24.7 Å². The first-order valence-electron chi connectivity index (χ1n) is 22.8. The zero-order chi connectivity index (χ0) is 49.4. The van der Waals surface area contributed by atoms with Crippen LogP contribution in [-0.2, 0) is 40.7 Å². The van der Waals surface area contributed by atoms with Crippen molar-refractivity contribution in [2.24, 2.45) is 0 Å².